The van der Waals surface area contributed by atoms with Gasteiger partial charge in [-0.1, -0.05) is 24.3 Å². The van der Waals surface area contributed by atoms with E-state index in [0.717, 1.165) is 27.6 Å². The van der Waals surface area contributed by atoms with E-state index in [9.17, 15) is 4.79 Å². The number of hydrogen-bond acceptors (Lipinski definition) is 5. The van der Waals surface area contributed by atoms with E-state index in [1.807, 2.05) is 42.5 Å². The van der Waals surface area contributed by atoms with Gasteiger partial charge in [-0.15, -0.1) is 0 Å². The highest BCUT2D eigenvalue weighted by Gasteiger charge is 2.11. The van der Waals surface area contributed by atoms with Crippen LogP contribution >= 0.6 is 0 Å². The largest absolute Gasteiger partial charge is 0.493 e. The number of nitrogens with zero attached hydrogens (tertiary/aromatic N) is 1. The summed E-state index contributed by atoms with van der Waals surface area (Å²) in [6.07, 6.45) is 0.971. The van der Waals surface area contributed by atoms with Crippen LogP contribution in [-0.2, 0) is 11.3 Å². The number of fused-ring (bicyclic) bond motifs is 1. The predicted molar refractivity (Wildman–Crippen MR) is 94.7 cm³/mol. The van der Waals surface area contributed by atoms with Crippen molar-refractivity contribution in [3.05, 3.63) is 54.2 Å². The highest BCUT2D eigenvalue weighted by molar-refractivity contribution is 5.96. The first-order valence-electron chi connectivity index (χ1n) is 7.64. The Labute approximate surface area is 145 Å². The third-order valence-corrected chi connectivity index (χ3v) is 3.89. The number of hydrogen-bond donors (Lipinski definition) is 1. The van der Waals surface area contributed by atoms with Crippen molar-refractivity contribution >= 4 is 17.0 Å². The molecular formula is C19H18N2O4. The molecule has 0 radical (unpaired) electrons. The molecule has 6 heteroatoms. The zero-order chi connectivity index (χ0) is 17.8. The Morgan fingerprint density at radius 1 is 1.04 bits per heavy atom. The summed E-state index contributed by atoms with van der Waals surface area (Å²) in [5, 5.41) is 0.960. The van der Waals surface area contributed by atoms with Crippen LogP contribution in [0.4, 0.5) is 4.79 Å². The minimum atomic E-state index is -0.787. The summed E-state index contributed by atoms with van der Waals surface area (Å²) in [7, 11) is 3.20. The van der Waals surface area contributed by atoms with Crippen LogP contribution in [0.3, 0.4) is 0 Å². The van der Waals surface area contributed by atoms with Crippen molar-refractivity contribution in [1.29, 1.82) is 0 Å². The number of nitrogens with two attached hydrogens (primary N) is 1. The zero-order valence-corrected chi connectivity index (χ0v) is 14.0. The van der Waals surface area contributed by atoms with E-state index in [1.165, 1.54) is 0 Å². The molecule has 2 N–H and O–H groups in total. The van der Waals surface area contributed by atoms with E-state index in [4.69, 9.17) is 19.9 Å². The van der Waals surface area contributed by atoms with Gasteiger partial charge < -0.3 is 19.9 Å². The number of methoxy groups -OCH3 is 2. The quantitative estimate of drug-likeness (QED) is 0.769. The molecule has 0 bridgehead atoms. The third-order valence-electron chi connectivity index (χ3n) is 3.89. The van der Waals surface area contributed by atoms with Crippen molar-refractivity contribution in [2.75, 3.05) is 14.2 Å². The Bertz CT molecular complexity index is 907. The van der Waals surface area contributed by atoms with Crippen LogP contribution in [0.5, 0.6) is 11.5 Å². The molecule has 6 nitrogen and oxygen atoms in total. The van der Waals surface area contributed by atoms with E-state index in [1.54, 1.807) is 20.4 Å². The molecule has 0 saturated heterocycles. The first-order valence-corrected chi connectivity index (χ1v) is 7.64. The SMILES string of the molecule is COc1cc2nccc(-c3ccc(COC(N)=O)cc3)c2cc1OC. The van der Waals surface area contributed by atoms with Crippen molar-refractivity contribution in [2.24, 2.45) is 5.73 Å². The first-order chi connectivity index (χ1) is 12.1. The van der Waals surface area contributed by atoms with Gasteiger partial charge in [-0.05, 0) is 28.8 Å². The summed E-state index contributed by atoms with van der Waals surface area (Å²) < 4.78 is 15.5. The van der Waals surface area contributed by atoms with Crippen molar-refractivity contribution in [2.45, 2.75) is 6.61 Å². The normalized spacial score (nSPS) is 10.5. The van der Waals surface area contributed by atoms with Gasteiger partial charge in [0.1, 0.15) is 6.61 Å². The fraction of sp³-hybridized carbons (Fsp3) is 0.158. The van der Waals surface area contributed by atoms with Gasteiger partial charge >= 0.3 is 6.09 Å². The molecule has 0 spiro atoms. The van der Waals surface area contributed by atoms with Gasteiger partial charge in [-0.2, -0.15) is 0 Å². The maximum atomic E-state index is 10.7. The smallest absolute Gasteiger partial charge is 0.404 e. The topological polar surface area (TPSA) is 83.7 Å². The number of ether oxygens (including phenoxy) is 3. The van der Waals surface area contributed by atoms with Crippen LogP contribution in [-0.4, -0.2) is 25.3 Å². The molecule has 128 valence electrons. The molecule has 0 aliphatic carbocycles. The van der Waals surface area contributed by atoms with Crippen molar-refractivity contribution < 1.29 is 19.0 Å². The molecule has 0 aliphatic heterocycles. The van der Waals surface area contributed by atoms with Gasteiger partial charge in [-0.3, -0.25) is 4.98 Å². The van der Waals surface area contributed by atoms with Crippen LogP contribution in [0.2, 0.25) is 0 Å². The minimum Gasteiger partial charge on any atom is -0.493 e. The van der Waals surface area contributed by atoms with Gasteiger partial charge in [0.05, 0.1) is 19.7 Å². The third kappa shape index (κ3) is 3.47. The maximum absolute atomic E-state index is 10.7. The second-order valence-corrected chi connectivity index (χ2v) is 5.39. The fourth-order valence-electron chi connectivity index (χ4n) is 2.66. The first kappa shape index (κ1) is 16.6. The number of pyridine rings is 1. The molecule has 1 heterocycles. The zero-order valence-electron chi connectivity index (χ0n) is 14.0. The molecular weight excluding hydrogens is 320 g/mol. The summed E-state index contributed by atoms with van der Waals surface area (Å²) in [6, 6.07) is 13.4. The number of carbonyl (C=O) groups excluding carboxylic acids is 1. The maximum Gasteiger partial charge on any atom is 0.404 e. The molecule has 1 amide bonds. The van der Waals surface area contributed by atoms with Gasteiger partial charge in [0.25, 0.3) is 0 Å². The molecule has 0 fully saturated rings. The van der Waals surface area contributed by atoms with Crippen LogP contribution < -0.4 is 15.2 Å². The highest BCUT2D eigenvalue weighted by Crippen LogP contribution is 2.36. The van der Waals surface area contributed by atoms with Crippen LogP contribution in [0.1, 0.15) is 5.56 Å². The Hall–Kier alpha value is -3.28. The molecule has 2 aromatic carbocycles. The summed E-state index contributed by atoms with van der Waals surface area (Å²) in [6.45, 7) is 0.151. The lowest BCUT2D eigenvalue weighted by Gasteiger charge is -2.12. The number of primary amides is 1. The lowest BCUT2D eigenvalue weighted by molar-refractivity contribution is 0.150. The number of aromatic nitrogens is 1. The summed E-state index contributed by atoms with van der Waals surface area (Å²) >= 11 is 0. The van der Waals surface area contributed by atoms with E-state index in [0.29, 0.717) is 11.5 Å². The average Bonchev–Trinajstić information content (AvgIpc) is 2.65. The molecule has 3 rings (SSSR count). The number of benzene rings is 2. The fourth-order valence-corrected chi connectivity index (χ4v) is 2.66. The van der Waals surface area contributed by atoms with Crippen LogP contribution in [0, 0.1) is 0 Å². The standard InChI is InChI=1S/C19H18N2O4/c1-23-17-9-15-14(7-8-21-16(15)10-18(17)24-2)13-5-3-12(4-6-13)11-25-19(20)22/h3-10H,11H2,1-2H3,(H2,20,22). The van der Waals surface area contributed by atoms with E-state index in [-0.39, 0.29) is 6.61 Å². The Morgan fingerprint density at radius 2 is 1.72 bits per heavy atom. The van der Waals surface area contributed by atoms with E-state index in [2.05, 4.69) is 4.98 Å². The number of amides is 1. The second kappa shape index (κ2) is 7.09. The van der Waals surface area contributed by atoms with E-state index < -0.39 is 6.09 Å². The van der Waals surface area contributed by atoms with Crippen molar-refractivity contribution in [3.8, 4) is 22.6 Å². The lowest BCUT2D eigenvalue weighted by Crippen LogP contribution is -2.12. The summed E-state index contributed by atoms with van der Waals surface area (Å²) in [5.41, 5.74) is 8.70. The van der Waals surface area contributed by atoms with Crippen LogP contribution in [0.25, 0.3) is 22.0 Å². The highest BCUT2D eigenvalue weighted by atomic mass is 16.5. The molecule has 25 heavy (non-hydrogen) atoms. The monoisotopic (exact) mass is 338 g/mol. The van der Waals surface area contributed by atoms with Gasteiger partial charge in [0.2, 0.25) is 0 Å². The lowest BCUT2D eigenvalue weighted by atomic mass is 10.00. The van der Waals surface area contributed by atoms with Gasteiger partial charge in [0, 0.05) is 17.6 Å². The van der Waals surface area contributed by atoms with Gasteiger partial charge in [0.15, 0.2) is 11.5 Å². The molecule has 1 aromatic heterocycles. The average molecular weight is 338 g/mol. The Balaban J connectivity index is 2.01. The Kier molecular flexibility index (Phi) is 4.70. The predicted octanol–water partition coefficient (Wildman–Crippen LogP) is 3.51. The van der Waals surface area contributed by atoms with Crippen LogP contribution in [0.15, 0.2) is 48.7 Å². The molecule has 0 atom stereocenters. The molecule has 3 aromatic rings. The number of carbonyl (C=O) groups is 1. The summed E-state index contributed by atoms with van der Waals surface area (Å²) in [5.74, 6) is 1.29. The molecule has 0 aliphatic rings. The molecule has 0 saturated carbocycles. The summed E-state index contributed by atoms with van der Waals surface area (Å²) in [4.78, 5) is 15.1. The number of rotatable bonds is 5. The van der Waals surface area contributed by atoms with E-state index >= 15 is 0 Å². The van der Waals surface area contributed by atoms with Gasteiger partial charge in [-0.25, -0.2) is 4.79 Å². The Morgan fingerprint density at radius 3 is 2.36 bits per heavy atom. The van der Waals surface area contributed by atoms with Crippen molar-refractivity contribution in [1.82, 2.24) is 4.98 Å². The minimum absolute atomic E-state index is 0.151. The molecule has 0 unspecified atom stereocenters. The van der Waals surface area contributed by atoms with Crippen molar-refractivity contribution in [3.63, 3.8) is 0 Å². The second-order valence-electron chi connectivity index (χ2n) is 5.39.